The standard InChI is InChI=1S/C9H12BrNO2/c1-5-2-6(13)3-7(9(5)10)8(11)4-12/h2-3,8,12-13H,4,11H2,1H3. The van der Waals surface area contributed by atoms with Crippen molar-refractivity contribution in [1.82, 2.24) is 0 Å². The molecule has 3 nitrogen and oxygen atoms in total. The number of aromatic hydroxyl groups is 1. The number of aliphatic hydroxyl groups excluding tert-OH is 1. The van der Waals surface area contributed by atoms with Crippen LogP contribution >= 0.6 is 15.9 Å². The van der Waals surface area contributed by atoms with E-state index in [0.29, 0.717) is 0 Å². The fourth-order valence-electron chi connectivity index (χ4n) is 1.15. The Morgan fingerprint density at radius 2 is 2.15 bits per heavy atom. The average molecular weight is 246 g/mol. The zero-order valence-corrected chi connectivity index (χ0v) is 8.87. The molecule has 0 aromatic heterocycles. The minimum Gasteiger partial charge on any atom is -0.508 e. The number of phenolic OH excluding ortho intramolecular Hbond substituents is 1. The third-order valence-electron chi connectivity index (χ3n) is 1.86. The van der Waals surface area contributed by atoms with Crippen LogP contribution in [0.15, 0.2) is 16.6 Å². The lowest BCUT2D eigenvalue weighted by Crippen LogP contribution is -2.15. The lowest BCUT2D eigenvalue weighted by atomic mass is 10.1. The molecule has 1 atom stereocenters. The molecule has 0 spiro atoms. The molecule has 0 aliphatic rings. The van der Waals surface area contributed by atoms with Crippen molar-refractivity contribution in [2.24, 2.45) is 5.73 Å². The first-order chi connectivity index (χ1) is 6.06. The van der Waals surface area contributed by atoms with E-state index in [1.807, 2.05) is 6.92 Å². The van der Waals surface area contributed by atoms with Crippen LogP contribution in [0, 0.1) is 6.92 Å². The SMILES string of the molecule is Cc1cc(O)cc(C(N)CO)c1Br. The molecule has 1 rings (SSSR count). The summed E-state index contributed by atoms with van der Waals surface area (Å²) < 4.78 is 0.840. The molecule has 0 saturated heterocycles. The smallest absolute Gasteiger partial charge is 0.116 e. The predicted octanol–water partition coefficient (Wildman–Crippen LogP) is 1.46. The molecule has 72 valence electrons. The van der Waals surface area contributed by atoms with Crippen molar-refractivity contribution < 1.29 is 10.2 Å². The normalized spacial score (nSPS) is 12.9. The van der Waals surface area contributed by atoms with Crippen LogP contribution in [0.4, 0.5) is 0 Å². The van der Waals surface area contributed by atoms with Gasteiger partial charge in [-0.2, -0.15) is 0 Å². The van der Waals surface area contributed by atoms with Crippen LogP contribution in [0.25, 0.3) is 0 Å². The van der Waals surface area contributed by atoms with Crippen molar-refractivity contribution in [3.63, 3.8) is 0 Å². The van der Waals surface area contributed by atoms with Gasteiger partial charge in [0.05, 0.1) is 12.6 Å². The van der Waals surface area contributed by atoms with Crippen molar-refractivity contribution >= 4 is 15.9 Å². The molecule has 0 heterocycles. The number of benzene rings is 1. The van der Waals surface area contributed by atoms with Crippen LogP contribution in [-0.2, 0) is 0 Å². The zero-order valence-electron chi connectivity index (χ0n) is 7.29. The molecule has 0 fully saturated rings. The molecule has 0 aliphatic heterocycles. The van der Waals surface area contributed by atoms with E-state index in [1.165, 1.54) is 0 Å². The number of halogens is 1. The van der Waals surface area contributed by atoms with Gasteiger partial charge in [0.2, 0.25) is 0 Å². The third-order valence-corrected chi connectivity index (χ3v) is 2.95. The predicted molar refractivity (Wildman–Crippen MR) is 54.6 cm³/mol. The number of phenols is 1. The Morgan fingerprint density at radius 1 is 1.54 bits per heavy atom. The van der Waals surface area contributed by atoms with E-state index in [1.54, 1.807) is 12.1 Å². The van der Waals surface area contributed by atoms with Gasteiger partial charge in [-0.25, -0.2) is 0 Å². The average Bonchev–Trinajstić information content (AvgIpc) is 2.10. The first kappa shape index (κ1) is 10.5. The Labute approximate surface area is 85.3 Å². The van der Waals surface area contributed by atoms with E-state index in [9.17, 15) is 5.11 Å². The van der Waals surface area contributed by atoms with Crippen LogP contribution < -0.4 is 5.73 Å². The van der Waals surface area contributed by atoms with E-state index in [4.69, 9.17) is 10.8 Å². The molecule has 4 N–H and O–H groups in total. The lowest BCUT2D eigenvalue weighted by Gasteiger charge is -2.13. The molecule has 0 saturated carbocycles. The molecule has 0 radical (unpaired) electrons. The van der Waals surface area contributed by atoms with Gasteiger partial charge in [0.25, 0.3) is 0 Å². The number of hydrogen-bond donors (Lipinski definition) is 3. The number of hydrogen-bond acceptors (Lipinski definition) is 3. The van der Waals surface area contributed by atoms with Gasteiger partial charge in [-0.1, -0.05) is 15.9 Å². The van der Waals surface area contributed by atoms with Gasteiger partial charge in [0, 0.05) is 4.47 Å². The van der Waals surface area contributed by atoms with Gasteiger partial charge in [-0.05, 0) is 30.2 Å². The van der Waals surface area contributed by atoms with Crippen LogP contribution in [0.1, 0.15) is 17.2 Å². The zero-order chi connectivity index (χ0) is 10.0. The van der Waals surface area contributed by atoms with Crippen LogP contribution in [0.2, 0.25) is 0 Å². The minimum absolute atomic E-state index is 0.137. The molecule has 1 aromatic rings. The van der Waals surface area contributed by atoms with Crippen LogP contribution in [0.5, 0.6) is 5.75 Å². The van der Waals surface area contributed by atoms with Crippen LogP contribution in [0.3, 0.4) is 0 Å². The molecule has 0 aliphatic carbocycles. The fraction of sp³-hybridized carbons (Fsp3) is 0.333. The first-order valence-electron chi connectivity index (χ1n) is 3.91. The van der Waals surface area contributed by atoms with Crippen molar-refractivity contribution in [2.75, 3.05) is 6.61 Å². The third kappa shape index (κ3) is 2.21. The Morgan fingerprint density at radius 3 is 2.69 bits per heavy atom. The van der Waals surface area contributed by atoms with E-state index < -0.39 is 6.04 Å². The topological polar surface area (TPSA) is 66.5 Å². The highest BCUT2D eigenvalue weighted by Gasteiger charge is 2.11. The molecule has 0 amide bonds. The Kier molecular flexibility index (Phi) is 3.30. The van der Waals surface area contributed by atoms with Gasteiger partial charge < -0.3 is 15.9 Å². The van der Waals surface area contributed by atoms with Gasteiger partial charge >= 0.3 is 0 Å². The maximum absolute atomic E-state index is 9.30. The first-order valence-corrected chi connectivity index (χ1v) is 4.71. The van der Waals surface area contributed by atoms with Crippen molar-refractivity contribution in [2.45, 2.75) is 13.0 Å². The summed E-state index contributed by atoms with van der Waals surface area (Å²) in [7, 11) is 0. The Balaban J connectivity index is 3.20. The summed E-state index contributed by atoms with van der Waals surface area (Å²) in [6, 6.07) is 2.73. The van der Waals surface area contributed by atoms with Gasteiger partial charge in [-0.3, -0.25) is 0 Å². The van der Waals surface area contributed by atoms with Crippen LogP contribution in [-0.4, -0.2) is 16.8 Å². The highest BCUT2D eigenvalue weighted by Crippen LogP contribution is 2.29. The van der Waals surface area contributed by atoms with Crippen molar-refractivity contribution in [3.8, 4) is 5.75 Å². The quantitative estimate of drug-likeness (QED) is 0.739. The molecule has 13 heavy (non-hydrogen) atoms. The van der Waals surface area contributed by atoms with Gasteiger partial charge in [0.15, 0.2) is 0 Å². The lowest BCUT2D eigenvalue weighted by molar-refractivity contribution is 0.267. The summed E-state index contributed by atoms with van der Waals surface area (Å²) in [5.74, 6) is 0.166. The molecule has 4 heteroatoms. The summed E-state index contributed by atoms with van der Waals surface area (Å²) in [4.78, 5) is 0. The van der Waals surface area contributed by atoms with E-state index in [0.717, 1.165) is 15.6 Å². The maximum atomic E-state index is 9.30. The summed E-state index contributed by atoms with van der Waals surface area (Å²) in [5.41, 5.74) is 7.27. The van der Waals surface area contributed by atoms with Crippen molar-refractivity contribution in [3.05, 3.63) is 27.7 Å². The number of aryl methyl sites for hydroxylation is 1. The number of nitrogens with two attached hydrogens (primary N) is 1. The van der Waals surface area contributed by atoms with E-state index >= 15 is 0 Å². The highest BCUT2D eigenvalue weighted by atomic mass is 79.9. The largest absolute Gasteiger partial charge is 0.508 e. The van der Waals surface area contributed by atoms with Gasteiger partial charge in [-0.15, -0.1) is 0 Å². The highest BCUT2D eigenvalue weighted by molar-refractivity contribution is 9.10. The van der Waals surface area contributed by atoms with Gasteiger partial charge in [0.1, 0.15) is 5.75 Å². The second-order valence-corrected chi connectivity index (χ2v) is 3.75. The summed E-state index contributed by atoms with van der Waals surface area (Å²) in [6.07, 6.45) is 0. The Bertz CT molecular complexity index is 315. The summed E-state index contributed by atoms with van der Waals surface area (Å²) in [6.45, 7) is 1.72. The van der Waals surface area contributed by atoms with Crippen molar-refractivity contribution in [1.29, 1.82) is 0 Å². The van der Waals surface area contributed by atoms with E-state index in [2.05, 4.69) is 15.9 Å². The number of aliphatic hydroxyl groups is 1. The number of rotatable bonds is 2. The minimum atomic E-state index is -0.458. The second kappa shape index (κ2) is 4.09. The maximum Gasteiger partial charge on any atom is 0.116 e. The molecule has 1 unspecified atom stereocenters. The van der Waals surface area contributed by atoms with E-state index in [-0.39, 0.29) is 12.4 Å². The summed E-state index contributed by atoms with van der Waals surface area (Å²) in [5, 5.41) is 18.2. The Hall–Kier alpha value is -0.580. The molecule has 1 aromatic carbocycles. The summed E-state index contributed by atoms with van der Waals surface area (Å²) >= 11 is 3.35. The second-order valence-electron chi connectivity index (χ2n) is 2.95. The molecular weight excluding hydrogens is 234 g/mol. The molecule has 0 bridgehead atoms. The monoisotopic (exact) mass is 245 g/mol. The fourth-order valence-corrected chi connectivity index (χ4v) is 1.67. The molecular formula is C9H12BrNO2.